The Morgan fingerprint density at radius 2 is 2.07 bits per heavy atom. The maximum absolute atomic E-state index is 11.7. The van der Waals surface area contributed by atoms with Gasteiger partial charge in [-0.25, -0.2) is 0 Å². The maximum atomic E-state index is 11.7. The van der Waals surface area contributed by atoms with E-state index in [-0.39, 0.29) is 11.4 Å². The van der Waals surface area contributed by atoms with Crippen LogP contribution in [0.5, 0.6) is 0 Å². The van der Waals surface area contributed by atoms with E-state index in [2.05, 4.69) is 20.8 Å². The molecule has 0 aliphatic carbocycles. The number of likely N-dealkylation sites (tertiary alicyclic amines) is 1. The minimum Gasteiger partial charge on any atom is -0.339 e. The van der Waals surface area contributed by atoms with Gasteiger partial charge in [0, 0.05) is 19.5 Å². The van der Waals surface area contributed by atoms with Crippen molar-refractivity contribution in [1.29, 1.82) is 0 Å². The Morgan fingerprint density at radius 3 is 2.50 bits per heavy atom. The maximum Gasteiger partial charge on any atom is 0.222 e. The van der Waals surface area contributed by atoms with E-state index in [4.69, 9.17) is 5.73 Å². The lowest BCUT2D eigenvalue weighted by atomic mass is 9.87. The molecule has 14 heavy (non-hydrogen) atoms. The summed E-state index contributed by atoms with van der Waals surface area (Å²) in [5, 5.41) is 0. The molecular formula is C11H22N2O. The first-order valence-corrected chi connectivity index (χ1v) is 5.57. The van der Waals surface area contributed by atoms with Crippen molar-refractivity contribution >= 4 is 5.91 Å². The second-order valence-electron chi connectivity index (χ2n) is 4.68. The Bertz CT molecular complexity index is 209. The summed E-state index contributed by atoms with van der Waals surface area (Å²) in [6.45, 7) is 7.81. The van der Waals surface area contributed by atoms with Gasteiger partial charge in [0.15, 0.2) is 0 Å². The fraction of sp³-hybridized carbons (Fsp3) is 0.909. The van der Waals surface area contributed by atoms with E-state index < -0.39 is 0 Å². The summed E-state index contributed by atoms with van der Waals surface area (Å²) < 4.78 is 0. The minimum atomic E-state index is -0.0922. The third-order valence-electron chi connectivity index (χ3n) is 3.29. The average molecular weight is 198 g/mol. The van der Waals surface area contributed by atoms with Gasteiger partial charge in [0.2, 0.25) is 5.91 Å². The predicted molar refractivity (Wildman–Crippen MR) is 57.9 cm³/mol. The van der Waals surface area contributed by atoms with Crippen LogP contribution in [0.3, 0.4) is 0 Å². The first-order valence-electron chi connectivity index (χ1n) is 5.57. The van der Waals surface area contributed by atoms with Gasteiger partial charge >= 0.3 is 0 Å². The molecule has 0 aromatic heterocycles. The predicted octanol–water partition coefficient (Wildman–Crippen LogP) is 1.37. The number of nitrogens with zero attached hydrogens (tertiary/aromatic N) is 1. The number of carbonyl (C=O) groups is 1. The van der Waals surface area contributed by atoms with E-state index in [1.54, 1.807) is 0 Å². The Hall–Kier alpha value is -0.570. The van der Waals surface area contributed by atoms with Gasteiger partial charge in [-0.1, -0.05) is 27.2 Å². The largest absolute Gasteiger partial charge is 0.339 e. The molecule has 0 bridgehead atoms. The van der Waals surface area contributed by atoms with E-state index in [9.17, 15) is 4.79 Å². The second-order valence-corrected chi connectivity index (χ2v) is 4.68. The molecule has 1 aliphatic heterocycles. The van der Waals surface area contributed by atoms with Gasteiger partial charge in [0.1, 0.15) is 0 Å². The van der Waals surface area contributed by atoms with Crippen LogP contribution in [0.1, 0.15) is 40.0 Å². The highest BCUT2D eigenvalue weighted by Gasteiger charge is 2.40. The van der Waals surface area contributed by atoms with Crippen LogP contribution in [0.4, 0.5) is 0 Å². The van der Waals surface area contributed by atoms with Crippen molar-refractivity contribution in [3.05, 3.63) is 0 Å². The number of nitrogens with two attached hydrogens (primary N) is 1. The molecule has 0 saturated carbocycles. The fourth-order valence-electron chi connectivity index (χ4n) is 1.69. The van der Waals surface area contributed by atoms with Gasteiger partial charge in [-0.2, -0.15) is 0 Å². The van der Waals surface area contributed by atoms with Crippen LogP contribution in [-0.2, 0) is 4.79 Å². The summed E-state index contributed by atoms with van der Waals surface area (Å²) in [5.74, 6) is 0.769. The molecule has 0 spiro atoms. The molecule has 82 valence electrons. The van der Waals surface area contributed by atoms with Gasteiger partial charge in [0.25, 0.3) is 0 Å². The van der Waals surface area contributed by atoms with Crippen LogP contribution in [-0.4, -0.2) is 29.4 Å². The number of rotatable bonds is 4. The zero-order valence-corrected chi connectivity index (χ0v) is 9.55. The van der Waals surface area contributed by atoms with Crippen molar-refractivity contribution in [3.8, 4) is 0 Å². The van der Waals surface area contributed by atoms with Gasteiger partial charge in [0.05, 0.1) is 5.54 Å². The first kappa shape index (κ1) is 11.5. The molecule has 0 aromatic rings. The Balaban J connectivity index is 2.29. The molecule has 2 N–H and O–H groups in total. The van der Waals surface area contributed by atoms with Gasteiger partial charge in [-0.3, -0.25) is 4.79 Å². The summed E-state index contributed by atoms with van der Waals surface area (Å²) in [6.07, 6.45) is 2.71. The van der Waals surface area contributed by atoms with Crippen molar-refractivity contribution in [2.24, 2.45) is 11.7 Å². The Labute approximate surface area is 86.6 Å². The van der Waals surface area contributed by atoms with Gasteiger partial charge < -0.3 is 10.6 Å². The van der Waals surface area contributed by atoms with Crippen LogP contribution in [0.25, 0.3) is 0 Å². The topological polar surface area (TPSA) is 46.3 Å². The van der Waals surface area contributed by atoms with E-state index in [1.165, 1.54) is 0 Å². The number of amides is 1. The molecule has 1 heterocycles. The average Bonchev–Trinajstić information content (AvgIpc) is 2.12. The van der Waals surface area contributed by atoms with Crippen LogP contribution in [0.2, 0.25) is 0 Å². The number of hydrogen-bond acceptors (Lipinski definition) is 2. The standard InChI is InChI=1S/C11H22N2O/c1-4-9(3)6-10(14)13-7-11(12,5-2)8-13/h9H,4-8,12H2,1-3H3. The highest BCUT2D eigenvalue weighted by molar-refractivity contribution is 5.77. The van der Waals surface area contributed by atoms with E-state index in [1.807, 2.05) is 4.90 Å². The van der Waals surface area contributed by atoms with E-state index >= 15 is 0 Å². The van der Waals surface area contributed by atoms with Crippen LogP contribution >= 0.6 is 0 Å². The monoisotopic (exact) mass is 198 g/mol. The summed E-state index contributed by atoms with van der Waals surface area (Å²) in [7, 11) is 0. The molecule has 1 unspecified atom stereocenters. The van der Waals surface area contributed by atoms with Crippen molar-refractivity contribution in [2.75, 3.05) is 13.1 Å². The van der Waals surface area contributed by atoms with Crippen LogP contribution in [0.15, 0.2) is 0 Å². The lowest BCUT2D eigenvalue weighted by molar-refractivity contribution is -0.139. The molecule has 1 fully saturated rings. The molecule has 0 radical (unpaired) electrons. The van der Waals surface area contributed by atoms with Crippen molar-refractivity contribution in [2.45, 2.75) is 45.6 Å². The first-order chi connectivity index (χ1) is 6.50. The van der Waals surface area contributed by atoms with Crippen molar-refractivity contribution in [1.82, 2.24) is 4.90 Å². The summed E-state index contributed by atoms with van der Waals surface area (Å²) in [6, 6.07) is 0. The smallest absolute Gasteiger partial charge is 0.222 e. The zero-order valence-electron chi connectivity index (χ0n) is 9.55. The van der Waals surface area contributed by atoms with Crippen molar-refractivity contribution in [3.63, 3.8) is 0 Å². The normalized spacial score (nSPS) is 21.6. The fourth-order valence-corrected chi connectivity index (χ4v) is 1.69. The molecule has 1 rings (SSSR count). The van der Waals surface area contributed by atoms with Crippen LogP contribution < -0.4 is 5.73 Å². The Kier molecular flexibility index (Phi) is 3.53. The molecule has 1 atom stereocenters. The summed E-state index contributed by atoms with van der Waals surface area (Å²) >= 11 is 0. The summed E-state index contributed by atoms with van der Waals surface area (Å²) in [5.41, 5.74) is 5.91. The second kappa shape index (κ2) is 4.30. The summed E-state index contributed by atoms with van der Waals surface area (Å²) in [4.78, 5) is 13.6. The number of hydrogen-bond donors (Lipinski definition) is 1. The third-order valence-corrected chi connectivity index (χ3v) is 3.29. The molecular weight excluding hydrogens is 176 g/mol. The van der Waals surface area contributed by atoms with Gasteiger partial charge in [-0.15, -0.1) is 0 Å². The molecule has 3 nitrogen and oxygen atoms in total. The zero-order chi connectivity index (χ0) is 10.8. The lowest BCUT2D eigenvalue weighted by Crippen LogP contribution is -2.68. The van der Waals surface area contributed by atoms with Gasteiger partial charge in [-0.05, 0) is 12.3 Å². The highest BCUT2D eigenvalue weighted by Crippen LogP contribution is 2.23. The molecule has 0 aromatic carbocycles. The van der Waals surface area contributed by atoms with E-state index in [0.29, 0.717) is 12.3 Å². The van der Waals surface area contributed by atoms with Crippen molar-refractivity contribution < 1.29 is 4.79 Å². The molecule has 1 saturated heterocycles. The Morgan fingerprint density at radius 1 is 1.50 bits per heavy atom. The lowest BCUT2D eigenvalue weighted by Gasteiger charge is -2.47. The highest BCUT2D eigenvalue weighted by atomic mass is 16.2. The quantitative estimate of drug-likeness (QED) is 0.741. The molecule has 1 amide bonds. The third kappa shape index (κ3) is 2.47. The minimum absolute atomic E-state index is 0.0922. The van der Waals surface area contributed by atoms with Crippen LogP contribution in [0, 0.1) is 5.92 Å². The molecule has 3 heteroatoms. The number of carbonyl (C=O) groups excluding carboxylic acids is 1. The SMILES string of the molecule is CCC(C)CC(=O)N1CC(N)(CC)C1. The molecule has 1 aliphatic rings. The van der Waals surface area contributed by atoms with E-state index in [0.717, 1.165) is 25.9 Å².